The van der Waals surface area contributed by atoms with Gasteiger partial charge in [0.25, 0.3) is 0 Å². The summed E-state index contributed by atoms with van der Waals surface area (Å²) in [6, 6.07) is 14.4. The molecule has 0 fully saturated rings. The van der Waals surface area contributed by atoms with E-state index in [0.29, 0.717) is 0 Å². The van der Waals surface area contributed by atoms with Gasteiger partial charge >= 0.3 is 0 Å². The van der Waals surface area contributed by atoms with Crippen LogP contribution in [0.3, 0.4) is 0 Å². The number of hydrogen-bond acceptors (Lipinski definition) is 1. The lowest BCUT2D eigenvalue weighted by atomic mass is 10.1. The van der Waals surface area contributed by atoms with Crippen LogP contribution in [0, 0.1) is 13.8 Å². The number of aromatic amines is 1. The number of hydrogen-bond donors (Lipinski definition) is 1. The van der Waals surface area contributed by atoms with Crippen LogP contribution < -0.4 is 0 Å². The van der Waals surface area contributed by atoms with Crippen molar-refractivity contribution in [1.29, 1.82) is 0 Å². The Bertz CT molecular complexity index is 800. The Labute approximate surface area is 126 Å². The molecule has 100 valence electrons. The summed E-state index contributed by atoms with van der Waals surface area (Å²) in [5, 5.41) is 1.21. The van der Waals surface area contributed by atoms with Crippen molar-refractivity contribution >= 4 is 38.7 Å². The average Bonchev–Trinajstić information content (AvgIpc) is 2.76. The van der Waals surface area contributed by atoms with E-state index in [1.165, 1.54) is 10.9 Å². The highest BCUT2D eigenvalue weighted by Gasteiger charge is 2.05. The lowest BCUT2D eigenvalue weighted by Gasteiger charge is -1.99. The number of aromatic nitrogens is 1. The largest absolute Gasteiger partial charge is 0.358 e. The molecule has 2 nitrogen and oxygen atoms in total. The molecule has 3 heteroatoms. The van der Waals surface area contributed by atoms with E-state index in [0.717, 1.165) is 26.9 Å². The molecule has 1 aromatic heterocycles. The van der Waals surface area contributed by atoms with Gasteiger partial charge in [0.15, 0.2) is 0 Å². The summed E-state index contributed by atoms with van der Waals surface area (Å²) in [6.45, 7) is 4.15. The molecule has 0 amide bonds. The van der Waals surface area contributed by atoms with Crippen LogP contribution in [-0.2, 0) is 0 Å². The Hall–Kier alpha value is -1.87. The number of aryl methyl sites for hydroxylation is 2. The zero-order chi connectivity index (χ0) is 14.1. The lowest BCUT2D eigenvalue weighted by Crippen LogP contribution is -1.82. The van der Waals surface area contributed by atoms with Crippen LogP contribution in [0.2, 0.25) is 0 Å². The maximum Gasteiger partial charge on any atom is 0.0641 e. The molecule has 0 saturated carbocycles. The molecule has 3 rings (SSSR count). The van der Waals surface area contributed by atoms with Crippen molar-refractivity contribution in [2.45, 2.75) is 13.8 Å². The minimum Gasteiger partial charge on any atom is -0.358 e. The van der Waals surface area contributed by atoms with Crippen molar-refractivity contribution in [1.82, 2.24) is 4.98 Å². The lowest BCUT2D eigenvalue weighted by molar-refractivity contribution is 1.29. The Kier molecular flexibility index (Phi) is 3.45. The van der Waals surface area contributed by atoms with Crippen LogP contribution in [-0.4, -0.2) is 11.2 Å². The number of nitrogens with one attached hydrogen (secondary N) is 1. The van der Waals surface area contributed by atoms with Gasteiger partial charge in [-0.25, -0.2) is 0 Å². The van der Waals surface area contributed by atoms with Gasteiger partial charge in [0.1, 0.15) is 0 Å². The number of para-hydroxylation sites is 1. The molecule has 0 unspecified atom stereocenters. The minimum absolute atomic E-state index is 0.951. The summed E-state index contributed by atoms with van der Waals surface area (Å²) in [5.41, 5.74) is 5.61. The van der Waals surface area contributed by atoms with Crippen LogP contribution in [0.1, 0.15) is 16.8 Å². The molecule has 1 heterocycles. The smallest absolute Gasteiger partial charge is 0.0641 e. The van der Waals surface area contributed by atoms with E-state index in [2.05, 4.69) is 64.0 Å². The third-order valence-electron chi connectivity index (χ3n) is 3.44. The number of nitrogens with zero attached hydrogens (tertiary/aromatic N) is 1. The molecule has 0 aliphatic rings. The topological polar surface area (TPSA) is 28.1 Å². The first kappa shape index (κ1) is 13.1. The van der Waals surface area contributed by atoms with Crippen molar-refractivity contribution in [3.05, 3.63) is 63.8 Å². The van der Waals surface area contributed by atoms with E-state index >= 15 is 0 Å². The Morgan fingerprint density at radius 2 is 1.90 bits per heavy atom. The third-order valence-corrected chi connectivity index (χ3v) is 4.30. The van der Waals surface area contributed by atoms with Crippen molar-refractivity contribution < 1.29 is 0 Å². The van der Waals surface area contributed by atoms with Gasteiger partial charge in [0, 0.05) is 32.8 Å². The van der Waals surface area contributed by atoms with Gasteiger partial charge in [0.05, 0.1) is 5.69 Å². The average molecular weight is 327 g/mol. The van der Waals surface area contributed by atoms with Crippen molar-refractivity contribution in [3.63, 3.8) is 0 Å². The molecule has 0 atom stereocenters. The first-order valence-corrected chi connectivity index (χ1v) is 7.32. The standard InChI is InChI=1S/C17H15BrN2/c1-11-7-8-13(9-16(11)18)19-10-15-12(2)20-17-6-4-3-5-14(15)17/h3-10,20H,1-2H3/b19-10+. The predicted molar refractivity (Wildman–Crippen MR) is 89.2 cm³/mol. The first-order valence-electron chi connectivity index (χ1n) is 6.52. The summed E-state index contributed by atoms with van der Waals surface area (Å²) < 4.78 is 1.09. The maximum absolute atomic E-state index is 4.59. The van der Waals surface area contributed by atoms with Crippen LogP contribution in [0.25, 0.3) is 10.9 Å². The fourth-order valence-electron chi connectivity index (χ4n) is 2.27. The van der Waals surface area contributed by atoms with Gasteiger partial charge in [-0.05, 0) is 37.6 Å². The molecular formula is C17H15BrN2. The molecule has 0 bridgehead atoms. The van der Waals surface area contributed by atoms with E-state index in [-0.39, 0.29) is 0 Å². The van der Waals surface area contributed by atoms with Gasteiger partial charge in [0.2, 0.25) is 0 Å². The van der Waals surface area contributed by atoms with E-state index < -0.39 is 0 Å². The molecule has 20 heavy (non-hydrogen) atoms. The van der Waals surface area contributed by atoms with Crippen molar-refractivity contribution in [2.75, 3.05) is 0 Å². The van der Waals surface area contributed by atoms with E-state index in [4.69, 9.17) is 0 Å². The number of benzene rings is 2. The minimum atomic E-state index is 0.951. The van der Waals surface area contributed by atoms with E-state index in [9.17, 15) is 0 Å². The molecule has 0 aliphatic heterocycles. The Morgan fingerprint density at radius 3 is 2.70 bits per heavy atom. The number of halogens is 1. The molecule has 0 saturated heterocycles. The van der Waals surface area contributed by atoms with Crippen molar-refractivity contribution in [3.8, 4) is 0 Å². The van der Waals surface area contributed by atoms with Crippen LogP contribution in [0.15, 0.2) is 51.9 Å². The molecule has 0 radical (unpaired) electrons. The number of aliphatic imine (C=N–C) groups is 1. The van der Waals surface area contributed by atoms with Crippen molar-refractivity contribution in [2.24, 2.45) is 4.99 Å². The van der Waals surface area contributed by atoms with Gasteiger partial charge in [-0.3, -0.25) is 4.99 Å². The normalized spacial score (nSPS) is 11.6. The van der Waals surface area contributed by atoms with Gasteiger partial charge in [-0.1, -0.05) is 40.2 Å². The summed E-state index contributed by atoms with van der Waals surface area (Å²) >= 11 is 3.54. The van der Waals surface area contributed by atoms with Gasteiger partial charge < -0.3 is 4.98 Å². The zero-order valence-corrected chi connectivity index (χ0v) is 13.0. The van der Waals surface area contributed by atoms with Gasteiger partial charge in [-0.15, -0.1) is 0 Å². The fraction of sp³-hybridized carbons (Fsp3) is 0.118. The molecule has 0 spiro atoms. The monoisotopic (exact) mass is 326 g/mol. The van der Waals surface area contributed by atoms with Crippen LogP contribution >= 0.6 is 15.9 Å². The second kappa shape index (κ2) is 5.25. The van der Waals surface area contributed by atoms with Crippen LogP contribution in [0.4, 0.5) is 5.69 Å². The molecule has 1 N–H and O–H groups in total. The van der Waals surface area contributed by atoms with E-state index in [1.807, 2.05) is 24.4 Å². The summed E-state index contributed by atoms with van der Waals surface area (Å²) in [5.74, 6) is 0. The molecule has 0 aliphatic carbocycles. The highest BCUT2D eigenvalue weighted by Crippen LogP contribution is 2.24. The molecule has 2 aromatic carbocycles. The highest BCUT2D eigenvalue weighted by molar-refractivity contribution is 9.10. The van der Waals surface area contributed by atoms with Gasteiger partial charge in [-0.2, -0.15) is 0 Å². The van der Waals surface area contributed by atoms with E-state index in [1.54, 1.807) is 0 Å². The number of H-pyrrole nitrogens is 1. The highest BCUT2D eigenvalue weighted by atomic mass is 79.9. The Balaban J connectivity index is 2.02. The molecular weight excluding hydrogens is 312 g/mol. The quantitative estimate of drug-likeness (QED) is 0.619. The first-order chi connectivity index (χ1) is 9.65. The second-order valence-corrected chi connectivity index (χ2v) is 5.76. The number of rotatable bonds is 2. The third kappa shape index (κ3) is 2.41. The summed E-state index contributed by atoms with van der Waals surface area (Å²) in [7, 11) is 0. The summed E-state index contributed by atoms with van der Waals surface area (Å²) in [4.78, 5) is 7.97. The maximum atomic E-state index is 4.59. The number of fused-ring (bicyclic) bond motifs is 1. The zero-order valence-electron chi connectivity index (χ0n) is 11.4. The molecule has 3 aromatic rings. The Morgan fingerprint density at radius 1 is 1.10 bits per heavy atom. The second-order valence-electron chi connectivity index (χ2n) is 4.90. The SMILES string of the molecule is Cc1ccc(/N=C/c2c(C)[nH]c3ccccc23)cc1Br. The fourth-order valence-corrected chi connectivity index (χ4v) is 2.63. The summed E-state index contributed by atoms with van der Waals surface area (Å²) in [6.07, 6.45) is 1.94. The van der Waals surface area contributed by atoms with Crippen LogP contribution in [0.5, 0.6) is 0 Å². The predicted octanol–water partition coefficient (Wildman–Crippen LogP) is 5.30.